The van der Waals surface area contributed by atoms with Gasteiger partial charge in [0.15, 0.2) is 0 Å². The van der Waals surface area contributed by atoms with E-state index in [-0.39, 0.29) is 12.6 Å². The third-order valence-corrected chi connectivity index (χ3v) is 4.72. The summed E-state index contributed by atoms with van der Waals surface area (Å²) in [6.07, 6.45) is 7.08. The first-order valence-electron chi connectivity index (χ1n) is 7.41. The van der Waals surface area contributed by atoms with Crippen LogP contribution in [0.3, 0.4) is 0 Å². The number of nitrogens with two attached hydrogens (primary N) is 1. The molecular formula is C16H23NO2. The predicted molar refractivity (Wildman–Crippen MR) is 75.0 cm³/mol. The Bertz CT molecular complexity index is 442. The van der Waals surface area contributed by atoms with Crippen LogP contribution < -0.4 is 10.5 Å². The van der Waals surface area contributed by atoms with Crippen LogP contribution in [0.15, 0.2) is 24.3 Å². The Morgan fingerprint density at radius 2 is 1.95 bits per heavy atom. The van der Waals surface area contributed by atoms with E-state index in [1.165, 1.54) is 32.1 Å². The smallest absolute Gasteiger partial charge is 0.125 e. The maximum absolute atomic E-state index is 10.8. The van der Waals surface area contributed by atoms with Gasteiger partial charge in [-0.2, -0.15) is 0 Å². The van der Waals surface area contributed by atoms with E-state index < -0.39 is 5.60 Å². The van der Waals surface area contributed by atoms with Gasteiger partial charge < -0.3 is 15.6 Å². The third kappa shape index (κ3) is 2.37. The van der Waals surface area contributed by atoms with Crippen molar-refractivity contribution in [3.63, 3.8) is 0 Å². The van der Waals surface area contributed by atoms with Crippen molar-refractivity contribution in [3.05, 3.63) is 29.8 Å². The molecule has 1 saturated carbocycles. The molecule has 2 aliphatic rings. The van der Waals surface area contributed by atoms with E-state index in [0.717, 1.165) is 11.3 Å². The second kappa shape index (κ2) is 5.14. The van der Waals surface area contributed by atoms with Gasteiger partial charge in [-0.05, 0) is 24.8 Å². The predicted octanol–water partition coefficient (Wildman–Crippen LogP) is 2.56. The topological polar surface area (TPSA) is 55.5 Å². The molecule has 1 aromatic carbocycles. The molecular weight excluding hydrogens is 238 g/mol. The highest BCUT2D eigenvalue weighted by Crippen LogP contribution is 2.43. The number of para-hydroxylation sites is 1. The van der Waals surface area contributed by atoms with E-state index in [4.69, 9.17) is 10.5 Å². The van der Waals surface area contributed by atoms with E-state index in [0.29, 0.717) is 12.3 Å². The minimum atomic E-state index is -0.920. The Hall–Kier alpha value is -1.06. The zero-order valence-corrected chi connectivity index (χ0v) is 11.3. The molecule has 2 atom stereocenters. The average Bonchev–Trinajstić information content (AvgIpc) is 2.48. The molecule has 3 nitrogen and oxygen atoms in total. The average molecular weight is 261 g/mol. The molecule has 1 fully saturated rings. The van der Waals surface area contributed by atoms with Gasteiger partial charge in [-0.1, -0.05) is 37.5 Å². The molecule has 0 amide bonds. The molecule has 1 aliphatic carbocycles. The summed E-state index contributed by atoms with van der Waals surface area (Å²) < 4.78 is 6.15. The van der Waals surface area contributed by atoms with Crippen LogP contribution in [-0.2, 0) is 5.60 Å². The maximum atomic E-state index is 10.8. The highest BCUT2D eigenvalue weighted by Gasteiger charge is 2.41. The van der Waals surface area contributed by atoms with Crippen molar-refractivity contribution in [2.24, 2.45) is 11.7 Å². The summed E-state index contributed by atoms with van der Waals surface area (Å²) in [5.41, 5.74) is 5.77. The summed E-state index contributed by atoms with van der Waals surface area (Å²) in [6.45, 7) is 0.261. The van der Waals surface area contributed by atoms with Crippen LogP contribution >= 0.6 is 0 Å². The van der Waals surface area contributed by atoms with Gasteiger partial charge >= 0.3 is 0 Å². The standard InChI is InChI=1S/C16H23NO2/c17-11-16(18)10-15(12-6-2-1-3-7-12)19-14-9-5-4-8-13(14)16/h4-5,8-9,12,15,18H,1-3,6-7,10-11,17H2. The lowest BCUT2D eigenvalue weighted by molar-refractivity contribution is -0.0453. The summed E-state index contributed by atoms with van der Waals surface area (Å²) in [4.78, 5) is 0. The maximum Gasteiger partial charge on any atom is 0.125 e. The largest absolute Gasteiger partial charge is 0.490 e. The number of aliphatic hydroxyl groups is 1. The summed E-state index contributed by atoms with van der Waals surface area (Å²) >= 11 is 0. The van der Waals surface area contributed by atoms with Gasteiger partial charge in [-0.25, -0.2) is 0 Å². The van der Waals surface area contributed by atoms with Gasteiger partial charge in [0.05, 0.1) is 0 Å². The Balaban J connectivity index is 1.88. The quantitative estimate of drug-likeness (QED) is 0.860. The number of rotatable bonds is 2. The number of benzene rings is 1. The molecule has 0 bridgehead atoms. The zero-order chi connectivity index (χ0) is 13.3. The molecule has 1 heterocycles. The number of fused-ring (bicyclic) bond motifs is 1. The van der Waals surface area contributed by atoms with Crippen molar-refractivity contribution >= 4 is 0 Å². The van der Waals surface area contributed by atoms with Crippen LogP contribution in [0.1, 0.15) is 44.1 Å². The first-order valence-corrected chi connectivity index (χ1v) is 7.41. The fraction of sp³-hybridized carbons (Fsp3) is 0.625. The van der Waals surface area contributed by atoms with Gasteiger partial charge in [0.25, 0.3) is 0 Å². The molecule has 3 rings (SSSR count). The van der Waals surface area contributed by atoms with E-state index >= 15 is 0 Å². The summed E-state index contributed by atoms with van der Waals surface area (Å²) in [5, 5.41) is 10.8. The first kappa shape index (κ1) is 12.9. The van der Waals surface area contributed by atoms with Gasteiger partial charge in [-0.3, -0.25) is 0 Å². The van der Waals surface area contributed by atoms with Crippen LogP contribution in [0.25, 0.3) is 0 Å². The van der Waals surface area contributed by atoms with E-state index in [1.54, 1.807) is 0 Å². The lowest BCUT2D eigenvalue weighted by atomic mass is 9.77. The summed E-state index contributed by atoms with van der Waals surface area (Å²) in [7, 11) is 0. The molecule has 1 aromatic rings. The van der Waals surface area contributed by atoms with Crippen molar-refractivity contribution in [2.45, 2.75) is 50.2 Å². The first-order chi connectivity index (χ1) is 9.23. The molecule has 1 aliphatic heterocycles. The van der Waals surface area contributed by atoms with Gasteiger partial charge in [0.1, 0.15) is 17.5 Å². The van der Waals surface area contributed by atoms with Crippen molar-refractivity contribution in [3.8, 4) is 5.75 Å². The Kier molecular flexibility index (Phi) is 3.50. The molecule has 0 aromatic heterocycles. The van der Waals surface area contributed by atoms with Gasteiger partial charge in [-0.15, -0.1) is 0 Å². The molecule has 3 N–H and O–H groups in total. The van der Waals surface area contributed by atoms with Crippen molar-refractivity contribution in [1.82, 2.24) is 0 Å². The van der Waals surface area contributed by atoms with E-state index in [2.05, 4.69) is 0 Å². The van der Waals surface area contributed by atoms with Crippen molar-refractivity contribution in [2.75, 3.05) is 6.54 Å². The number of ether oxygens (including phenoxy) is 1. The lowest BCUT2D eigenvalue weighted by Crippen LogP contribution is -2.46. The molecule has 19 heavy (non-hydrogen) atoms. The lowest BCUT2D eigenvalue weighted by Gasteiger charge is -2.42. The fourth-order valence-electron chi connectivity index (χ4n) is 3.56. The molecule has 104 valence electrons. The molecule has 0 spiro atoms. The molecule has 0 radical (unpaired) electrons. The minimum absolute atomic E-state index is 0.115. The molecule has 3 heteroatoms. The van der Waals surface area contributed by atoms with Crippen molar-refractivity contribution in [1.29, 1.82) is 0 Å². The van der Waals surface area contributed by atoms with Crippen molar-refractivity contribution < 1.29 is 9.84 Å². The van der Waals surface area contributed by atoms with Crippen LogP contribution in [0.2, 0.25) is 0 Å². The second-order valence-electron chi connectivity index (χ2n) is 5.99. The Morgan fingerprint density at radius 1 is 1.21 bits per heavy atom. The number of hydrogen-bond acceptors (Lipinski definition) is 3. The minimum Gasteiger partial charge on any atom is -0.490 e. The van der Waals surface area contributed by atoms with Crippen LogP contribution in [0, 0.1) is 5.92 Å². The zero-order valence-electron chi connectivity index (χ0n) is 11.3. The van der Waals surface area contributed by atoms with Gasteiger partial charge in [0.2, 0.25) is 0 Å². The Labute approximate surface area is 114 Å². The van der Waals surface area contributed by atoms with Crippen LogP contribution in [0.4, 0.5) is 0 Å². The molecule has 0 saturated heterocycles. The third-order valence-electron chi connectivity index (χ3n) is 4.72. The van der Waals surface area contributed by atoms with E-state index in [9.17, 15) is 5.11 Å². The summed E-state index contributed by atoms with van der Waals surface area (Å²) in [5.74, 6) is 1.39. The SMILES string of the molecule is NCC1(O)CC(C2CCCCC2)Oc2ccccc21. The summed E-state index contributed by atoms with van der Waals surface area (Å²) in [6, 6.07) is 7.77. The monoisotopic (exact) mass is 261 g/mol. The fourth-order valence-corrected chi connectivity index (χ4v) is 3.56. The second-order valence-corrected chi connectivity index (χ2v) is 5.99. The normalized spacial score (nSPS) is 31.6. The van der Waals surface area contributed by atoms with Gasteiger partial charge in [0, 0.05) is 18.5 Å². The highest BCUT2D eigenvalue weighted by atomic mass is 16.5. The van der Waals surface area contributed by atoms with Crippen LogP contribution in [0.5, 0.6) is 5.75 Å². The molecule has 2 unspecified atom stereocenters. The number of hydrogen-bond donors (Lipinski definition) is 2. The highest BCUT2D eigenvalue weighted by molar-refractivity contribution is 5.40. The van der Waals surface area contributed by atoms with E-state index in [1.807, 2.05) is 24.3 Å². The Morgan fingerprint density at radius 3 is 2.68 bits per heavy atom. The van der Waals surface area contributed by atoms with Crippen LogP contribution in [-0.4, -0.2) is 17.8 Å².